The van der Waals surface area contributed by atoms with E-state index in [1.54, 1.807) is 4.57 Å². The molecule has 2 aromatic rings. The molecule has 0 radical (unpaired) electrons. The predicted molar refractivity (Wildman–Crippen MR) is 97.5 cm³/mol. The van der Waals surface area contributed by atoms with Crippen LogP contribution in [0.15, 0.2) is 30.5 Å². The van der Waals surface area contributed by atoms with Crippen molar-refractivity contribution < 1.29 is 19.1 Å². The van der Waals surface area contributed by atoms with E-state index in [9.17, 15) is 10.1 Å². The second kappa shape index (κ2) is 7.07. The lowest BCUT2D eigenvalue weighted by atomic mass is 9.92. The van der Waals surface area contributed by atoms with Gasteiger partial charge < -0.3 is 29.2 Å². The molecular weight excluding hydrogens is 352 g/mol. The van der Waals surface area contributed by atoms with Gasteiger partial charge in [0.1, 0.15) is 18.6 Å². The summed E-state index contributed by atoms with van der Waals surface area (Å²) in [5, 5.41) is 10.9. The molecule has 9 nitrogen and oxygen atoms in total. The summed E-state index contributed by atoms with van der Waals surface area (Å²) in [6.45, 7) is 6.72. The van der Waals surface area contributed by atoms with Crippen molar-refractivity contribution in [2.75, 3.05) is 44.4 Å². The number of ether oxygens (including phenoxy) is 3. The molecular formula is C18H22N4O5. The first-order valence-corrected chi connectivity index (χ1v) is 8.92. The quantitative estimate of drug-likeness (QED) is 0.584. The number of nitrogens with zero attached hydrogens (tertiary/aromatic N) is 4. The Bertz CT molecular complexity index is 816. The number of anilines is 1. The summed E-state index contributed by atoms with van der Waals surface area (Å²) in [4.78, 5) is 16.5. The molecule has 1 aromatic carbocycles. The number of benzene rings is 1. The molecule has 0 bridgehead atoms. The fraction of sp³-hybridized carbons (Fsp3) is 0.500. The zero-order valence-corrected chi connectivity index (χ0v) is 15.2. The van der Waals surface area contributed by atoms with E-state index in [4.69, 9.17) is 14.2 Å². The van der Waals surface area contributed by atoms with Gasteiger partial charge in [-0.3, -0.25) is 4.57 Å². The zero-order valence-electron chi connectivity index (χ0n) is 15.2. The number of rotatable bonds is 5. The topological polar surface area (TPSA) is 91.9 Å². The molecule has 144 valence electrons. The van der Waals surface area contributed by atoms with Crippen LogP contribution in [-0.2, 0) is 11.3 Å². The average molecular weight is 374 g/mol. The van der Waals surface area contributed by atoms with E-state index in [0.717, 1.165) is 37.7 Å². The number of imidazole rings is 1. The number of nitro groups is 1. The van der Waals surface area contributed by atoms with Crippen LogP contribution in [0.4, 0.5) is 11.5 Å². The SMILES string of the molecule is C[C@@]1(COc2ccc(N3CCOCC3)cc2)COc2nc([N+](=O)[O-])cn2C1. The fourth-order valence-corrected chi connectivity index (χ4v) is 3.32. The van der Waals surface area contributed by atoms with Gasteiger partial charge in [-0.2, -0.15) is 0 Å². The van der Waals surface area contributed by atoms with Gasteiger partial charge in [-0.15, -0.1) is 0 Å². The van der Waals surface area contributed by atoms with Crippen LogP contribution in [0.3, 0.4) is 0 Å². The molecule has 0 N–H and O–H groups in total. The van der Waals surface area contributed by atoms with Crippen molar-refractivity contribution in [2.45, 2.75) is 13.5 Å². The molecule has 4 rings (SSSR count). The van der Waals surface area contributed by atoms with E-state index in [1.807, 2.05) is 19.1 Å². The Morgan fingerprint density at radius 1 is 1.30 bits per heavy atom. The van der Waals surface area contributed by atoms with Crippen molar-refractivity contribution in [1.82, 2.24) is 9.55 Å². The van der Waals surface area contributed by atoms with Crippen LogP contribution >= 0.6 is 0 Å². The highest BCUT2D eigenvalue weighted by Crippen LogP contribution is 2.31. The van der Waals surface area contributed by atoms with Gasteiger partial charge in [-0.05, 0) is 29.2 Å². The van der Waals surface area contributed by atoms with Crippen LogP contribution in [0.5, 0.6) is 11.8 Å². The molecule has 1 aromatic heterocycles. The number of hydrogen-bond acceptors (Lipinski definition) is 7. The highest BCUT2D eigenvalue weighted by molar-refractivity contribution is 5.49. The minimum Gasteiger partial charge on any atom is -0.493 e. The second-order valence-corrected chi connectivity index (χ2v) is 7.25. The number of hydrogen-bond donors (Lipinski definition) is 0. The summed E-state index contributed by atoms with van der Waals surface area (Å²) in [6.07, 6.45) is 1.41. The minimum absolute atomic E-state index is 0.200. The molecule has 0 amide bonds. The Balaban J connectivity index is 1.37. The molecule has 0 unspecified atom stereocenters. The first-order chi connectivity index (χ1) is 13.0. The molecule has 0 spiro atoms. The fourth-order valence-electron chi connectivity index (χ4n) is 3.32. The maximum Gasteiger partial charge on any atom is 0.414 e. The summed E-state index contributed by atoms with van der Waals surface area (Å²) in [7, 11) is 0. The van der Waals surface area contributed by atoms with E-state index in [2.05, 4.69) is 22.0 Å². The molecule has 1 fully saturated rings. The standard InChI is InChI=1S/C18H22N4O5/c1-18(11-21-10-16(22(23)24)19-17(21)27-13-18)12-26-15-4-2-14(3-5-15)20-6-8-25-9-7-20/h2-5,10H,6-9,11-13H2,1H3/t18-/m1/s1. The smallest absolute Gasteiger partial charge is 0.414 e. The molecule has 0 aliphatic carbocycles. The van der Waals surface area contributed by atoms with E-state index >= 15 is 0 Å². The minimum atomic E-state index is -0.515. The molecule has 27 heavy (non-hydrogen) atoms. The second-order valence-electron chi connectivity index (χ2n) is 7.25. The number of aromatic nitrogens is 2. The summed E-state index contributed by atoms with van der Waals surface area (Å²) in [6, 6.07) is 8.32. The Kier molecular flexibility index (Phi) is 4.61. The Labute approximate surface area is 156 Å². The van der Waals surface area contributed by atoms with Gasteiger partial charge in [0, 0.05) is 30.3 Å². The highest BCUT2D eigenvalue weighted by atomic mass is 16.6. The van der Waals surface area contributed by atoms with Crippen molar-refractivity contribution in [3.05, 3.63) is 40.6 Å². The van der Waals surface area contributed by atoms with E-state index in [1.165, 1.54) is 6.20 Å². The van der Waals surface area contributed by atoms with Crippen LogP contribution < -0.4 is 14.4 Å². The molecule has 2 aliphatic heterocycles. The number of morpholine rings is 1. The highest BCUT2D eigenvalue weighted by Gasteiger charge is 2.36. The Morgan fingerprint density at radius 2 is 2.04 bits per heavy atom. The van der Waals surface area contributed by atoms with Crippen molar-refractivity contribution >= 4 is 11.5 Å². The van der Waals surface area contributed by atoms with Crippen LogP contribution in [0.1, 0.15) is 6.92 Å². The van der Waals surface area contributed by atoms with Gasteiger partial charge in [0.25, 0.3) is 0 Å². The summed E-state index contributed by atoms with van der Waals surface area (Å²) in [5.74, 6) is 0.588. The Hall–Kier alpha value is -2.81. The third-order valence-electron chi connectivity index (χ3n) is 4.82. The van der Waals surface area contributed by atoms with Gasteiger partial charge in [0.2, 0.25) is 0 Å². The van der Waals surface area contributed by atoms with Gasteiger partial charge in [-0.25, -0.2) is 0 Å². The summed E-state index contributed by atoms with van der Waals surface area (Å²) in [5.41, 5.74) is 0.859. The van der Waals surface area contributed by atoms with Crippen molar-refractivity contribution in [2.24, 2.45) is 5.41 Å². The summed E-state index contributed by atoms with van der Waals surface area (Å²) < 4.78 is 18.6. The first kappa shape index (κ1) is 17.6. The maximum absolute atomic E-state index is 10.9. The first-order valence-electron chi connectivity index (χ1n) is 8.92. The largest absolute Gasteiger partial charge is 0.493 e. The molecule has 0 saturated carbocycles. The van der Waals surface area contributed by atoms with Crippen LogP contribution in [0, 0.1) is 15.5 Å². The molecule has 1 saturated heterocycles. The molecule has 2 aliphatic rings. The van der Waals surface area contributed by atoms with Crippen LogP contribution in [0.25, 0.3) is 0 Å². The molecule has 1 atom stereocenters. The monoisotopic (exact) mass is 374 g/mol. The average Bonchev–Trinajstić information content (AvgIpc) is 3.11. The van der Waals surface area contributed by atoms with Crippen LogP contribution in [0.2, 0.25) is 0 Å². The van der Waals surface area contributed by atoms with Crippen molar-refractivity contribution in [3.63, 3.8) is 0 Å². The lowest BCUT2D eigenvalue weighted by Crippen LogP contribution is -2.40. The lowest BCUT2D eigenvalue weighted by molar-refractivity contribution is -0.389. The Morgan fingerprint density at radius 3 is 2.74 bits per heavy atom. The van der Waals surface area contributed by atoms with Crippen LogP contribution in [-0.4, -0.2) is 54.0 Å². The molecule has 3 heterocycles. The van der Waals surface area contributed by atoms with E-state index in [0.29, 0.717) is 19.8 Å². The third kappa shape index (κ3) is 3.82. The third-order valence-corrected chi connectivity index (χ3v) is 4.82. The molecule has 9 heteroatoms. The van der Waals surface area contributed by atoms with Crippen molar-refractivity contribution in [1.29, 1.82) is 0 Å². The van der Waals surface area contributed by atoms with E-state index in [-0.39, 0.29) is 17.2 Å². The van der Waals surface area contributed by atoms with E-state index < -0.39 is 4.92 Å². The zero-order chi connectivity index (χ0) is 18.9. The normalized spacial score (nSPS) is 22.0. The van der Waals surface area contributed by atoms with Gasteiger partial charge >= 0.3 is 11.8 Å². The number of fused-ring (bicyclic) bond motifs is 1. The predicted octanol–water partition coefficient (Wildman–Crippen LogP) is 2.11. The van der Waals surface area contributed by atoms with Gasteiger partial charge in [-0.1, -0.05) is 6.92 Å². The van der Waals surface area contributed by atoms with Gasteiger partial charge in [0.05, 0.1) is 25.2 Å². The summed E-state index contributed by atoms with van der Waals surface area (Å²) >= 11 is 0. The van der Waals surface area contributed by atoms with Crippen molar-refractivity contribution in [3.8, 4) is 11.8 Å². The van der Waals surface area contributed by atoms with Gasteiger partial charge in [0.15, 0.2) is 0 Å². The maximum atomic E-state index is 10.9. The lowest BCUT2D eigenvalue weighted by Gasteiger charge is -2.32.